The van der Waals surface area contributed by atoms with Gasteiger partial charge >= 0.3 is 0 Å². The second-order valence-corrected chi connectivity index (χ2v) is 3.15. The van der Waals surface area contributed by atoms with Gasteiger partial charge in [0.05, 0.1) is 0 Å². The van der Waals surface area contributed by atoms with Crippen molar-refractivity contribution < 1.29 is 5.11 Å². The van der Waals surface area contributed by atoms with Gasteiger partial charge in [0.25, 0.3) is 0 Å². The van der Waals surface area contributed by atoms with Crippen LogP contribution in [-0.4, -0.2) is 19.9 Å². The molecule has 1 aromatic rings. The van der Waals surface area contributed by atoms with E-state index in [-0.39, 0.29) is 6.61 Å². The highest BCUT2D eigenvalue weighted by Crippen LogP contribution is 2.36. The molecule has 12 heavy (non-hydrogen) atoms. The van der Waals surface area contributed by atoms with Gasteiger partial charge in [-0.15, -0.1) is 10.2 Å². The molecule has 1 aromatic heterocycles. The van der Waals surface area contributed by atoms with E-state index in [0.29, 0.717) is 11.9 Å². The Labute approximate surface area is 71.2 Å². The van der Waals surface area contributed by atoms with Crippen LogP contribution < -0.4 is 0 Å². The van der Waals surface area contributed by atoms with Crippen LogP contribution in [0.25, 0.3) is 0 Å². The average molecular weight is 167 g/mol. The molecule has 1 saturated carbocycles. The molecule has 1 aliphatic carbocycles. The fourth-order valence-electron chi connectivity index (χ4n) is 1.46. The van der Waals surface area contributed by atoms with Gasteiger partial charge < -0.3 is 9.67 Å². The van der Waals surface area contributed by atoms with Gasteiger partial charge in [0.1, 0.15) is 12.4 Å². The van der Waals surface area contributed by atoms with Crippen LogP contribution in [0.3, 0.4) is 0 Å². The first-order valence-electron chi connectivity index (χ1n) is 4.40. The lowest BCUT2D eigenvalue weighted by atomic mass is 10.4. The van der Waals surface area contributed by atoms with Crippen molar-refractivity contribution >= 4 is 0 Å². The van der Waals surface area contributed by atoms with E-state index in [9.17, 15) is 0 Å². The normalized spacial score (nSPS) is 16.8. The molecule has 1 N–H and O–H groups in total. The molecule has 0 aromatic carbocycles. The molecule has 1 heterocycles. The second kappa shape index (κ2) is 2.86. The maximum Gasteiger partial charge on any atom is 0.159 e. The largest absolute Gasteiger partial charge is 0.388 e. The molecule has 4 nitrogen and oxygen atoms in total. The molecule has 0 aliphatic heterocycles. The van der Waals surface area contributed by atoms with Crippen LogP contribution in [0.2, 0.25) is 0 Å². The van der Waals surface area contributed by atoms with Gasteiger partial charge in [-0.3, -0.25) is 0 Å². The molecule has 0 bridgehead atoms. The minimum absolute atomic E-state index is 0.00347. The van der Waals surface area contributed by atoms with Gasteiger partial charge in [0.2, 0.25) is 0 Å². The van der Waals surface area contributed by atoms with Crippen LogP contribution in [0.4, 0.5) is 0 Å². The molecule has 66 valence electrons. The van der Waals surface area contributed by atoms with E-state index in [1.165, 1.54) is 12.8 Å². The van der Waals surface area contributed by atoms with Crippen molar-refractivity contribution in [2.45, 2.75) is 38.8 Å². The second-order valence-electron chi connectivity index (χ2n) is 3.15. The number of hydrogen-bond donors (Lipinski definition) is 1. The van der Waals surface area contributed by atoms with Gasteiger partial charge in [-0.05, 0) is 12.8 Å². The van der Waals surface area contributed by atoms with Crippen molar-refractivity contribution in [3.63, 3.8) is 0 Å². The summed E-state index contributed by atoms with van der Waals surface area (Å²) in [6, 6.07) is 0.567. The van der Waals surface area contributed by atoms with E-state index in [4.69, 9.17) is 5.11 Å². The Bertz CT molecular complexity index is 256. The van der Waals surface area contributed by atoms with Gasteiger partial charge in [-0.25, -0.2) is 0 Å². The Kier molecular flexibility index (Phi) is 1.84. The van der Waals surface area contributed by atoms with Crippen molar-refractivity contribution in [3.05, 3.63) is 11.6 Å². The fraction of sp³-hybridized carbons (Fsp3) is 0.750. The maximum absolute atomic E-state index is 8.98. The van der Waals surface area contributed by atoms with Crippen LogP contribution in [0, 0.1) is 0 Å². The molecule has 2 rings (SSSR count). The van der Waals surface area contributed by atoms with Crippen LogP contribution in [0.1, 0.15) is 37.5 Å². The molecule has 0 amide bonds. The molecule has 0 saturated heterocycles. The number of aryl methyl sites for hydroxylation is 1. The monoisotopic (exact) mass is 167 g/mol. The van der Waals surface area contributed by atoms with Gasteiger partial charge in [-0.1, -0.05) is 6.92 Å². The molecule has 0 spiro atoms. The first-order chi connectivity index (χ1) is 5.86. The summed E-state index contributed by atoms with van der Waals surface area (Å²) in [5.41, 5.74) is 0. The van der Waals surface area contributed by atoms with E-state index in [2.05, 4.69) is 21.7 Å². The first-order valence-corrected chi connectivity index (χ1v) is 4.40. The molecule has 0 radical (unpaired) electrons. The summed E-state index contributed by atoms with van der Waals surface area (Å²) in [7, 11) is 0. The lowest BCUT2D eigenvalue weighted by molar-refractivity contribution is 0.264. The molecule has 1 fully saturated rings. The van der Waals surface area contributed by atoms with Crippen molar-refractivity contribution in [2.24, 2.45) is 0 Å². The van der Waals surface area contributed by atoms with E-state index in [1.807, 2.05) is 0 Å². The molecular formula is C8H13N3O. The highest BCUT2D eigenvalue weighted by Gasteiger charge is 2.28. The number of rotatable bonds is 3. The zero-order chi connectivity index (χ0) is 8.55. The molecule has 0 atom stereocenters. The van der Waals surface area contributed by atoms with E-state index < -0.39 is 0 Å². The van der Waals surface area contributed by atoms with Crippen LogP contribution in [0.15, 0.2) is 0 Å². The third-order valence-corrected chi connectivity index (χ3v) is 2.21. The molecule has 4 heteroatoms. The number of aromatic nitrogens is 3. The van der Waals surface area contributed by atoms with E-state index in [0.717, 1.165) is 12.2 Å². The molecule has 1 aliphatic rings. The van der Waals surface area contributed by atoms with E-state index in [1.54, 1.807) is 0 Å². The van der Waals surface area contributed by atoms with Crippen LogP contribution >= 0.6 is 0 Å². The van der Waals surface area contributed by atoms with Crippen molar-refractivity contribution in [3.8, 4) is 0 Å². The van der Waals surface area contributed by atoms with Gasteiger partial charge in [0, 0.05) is 12.5 Å². The van der Waals surface area contributed by atoms with Gasteiger partial charge in [-0.2, -0.15) is 0 Å². The topological polar surface area (TPSA) is 50.9 Å². The van der Waals surface area contributed by atoms with Crippen molar-refractivity contribution in [1.82, 2.24) is 14.8 Å². The quantitative estimate of drug-likeness (QED) is 0.719. The summed E-state index contributed by atoms with van der Waals surface area (Å²) in [4.78, 5) is 0. The lowest BCUT2D eigenvalue weighted by Gasteiger charge is -2.04. The van der Waals surface area contributed by atoms with E-state index >= 15 is 0 Å². The third kappa shape index (κ3) is 1.12. The average Bonchev–Trinajstić information content (AvgIpc) is 2.85. The lowest BCUT2D eigenvalue weighted by Crippen LogP contribution is -2.05. The zero-order valence-electron chi connectivity index (χ0n) is 7.19. The standard InChI is InChI=1S/C8H13N3O/c1-2-7-9-10-8(5-12)11(7)6-3-4-6/h6,12H,2-5H2,1H3. The fourth-order valence-corrected chi connectivity index (χ4v) is 1.46. The smallest absolute Gasteiger partial charge is 0.159 e. The summed E-state index contributed by atoms with van der Waals surface area (Å²) in [5.74, 6) is 1.72. The first kappa shape index (κ1) is 7.73. The van der Waals surface area contributed by atoms with Crippen molar-refractivity contribution in [2.75, 3.05) is 0 Å². The van der Waals surface area contributed by atoms with Crippen molar-refractivity contribution in [1.29, 1.82) is 0 Å². The third-order valence-electron chi connectivity index (χ3n) is 2.21. The highest BCUT2D eigenvalue weighted by atomic mass is 16.3. The summed E-state index contributed by atoms with van der Waals surface area (Å²) >= 11 is 0. The van der Waals surface area contributed by atoms with Crippen LogP contribution in [-0.2, 0) is 13.0 Å². The zero-order valence-corrected chi connectivity index (χ0v) is 7.19. The predicted molar refractivity (Wildman–Crippen MR) is 43.6 cm³/mol. The maximum atomic E-state index is 8.98. The Morgan fingerprint density at radius 1 is 1.42 bits per heavy atom. The Morgan fingerprint density at radius 3 is 2.58 bits per heavy atom. The molecular weight excluding hydrogens is 154 g/mol. The predicted octanol–water partition coefficient (Wildman–Crippen LogP) is 0.668. The number of nitrogens with zero attached hydrogens (tertiary/aromatic N) is 3. The minimum atomic E-state index is 0.00347. The van der Waals surface area contributed by atoms with Crippen LogP contribution in [0.5, 0.6) is 0 Å². The number of aliphatic hydroxyl groups is 1. The number of aliphatic hydroxyl groups excluding tert-OH is 1. The SMILES string of the molecule is CCc1nnc(CO)n1C1CC1. The summed E-state index contributed by atoms with van der Waals surface area (Å²) in [6.07, 6.45) is 3.31. The summed E-state index contributed by atoms with van der Waals surface area (Å²) in [5, 5.41) is 16.9. The summed E-state index contributed by atoms with van der Waals surface area (Å²) in [6.45, 7) is 2.06. The molecule has 0 unspecified atom stereocenters. The minimum Gasteiger partial charge on any atom is -0.388 e. The Morgan fingerprint density at radius 2 is 2.08 bits per heavy atom. The highest BCUT2D eigenvalue weighted by molar-refractivity contribution is 5.01. The Hall–Kier alpha value is -0.900. The number of hydrogen-bond acceptors (Lipinski definition) is 3. The summed E-state index contributed by atoms with van der Waals surface area (Å²) < 4.78 is 2.08. The Balaban J connectivity index is 2.36. The van der Waals surface area contributed by atoms with Gasteiger partial charge in [0.15, 0.2) is 5.82 Å².